The third kappa shape index (κ3) is 2.73. The zero-order valence-electron chi connectivity index (χ0n) is 11.0. The van der Waals surface area contributed by atoms with Crippen molar-refractivity contribution in [3.63, 3.8) is 0 Å². The number of methoxy groups -OCH3 is 1. The highest BCUT2D eigenvalue weighted by Gasteiger charge is 2.07. The van der Waals surface area contributed by atoms with Crippen LogP contribution >= 0.6 is 23.1 Å². The maximum Gasteiger partial charge on any atom is 0.120 e. The van der Waals surface area contributed by atoms with Crippen LogP contribution in [0.4, 0.5) is 5.69 Å². The van der Waals surface area contributed by atoms with Crippen LogP contribution in [0.3, 0.4) is 0 Å². The minimum Gasteiger partial charge on any atom is -0.497 e. The normalized spacial score (nSPS) is 10.8. The van der Waals surface area contributed by atoms with Crippen molar-refractivity contribution in [1.82, 2.24) is 4.98 Å². The molecule has 3 rings (SSSR count). The maximum atomic E-state index is 5.99. The predicted octanol–water partition coefficient (Wildman–Crippen LogP) is 4.18. The Labute approximate surface area is 125 Å². The van der Waals surface area contributed by atoms with E-state index in [0.717, 1.165) is 32.6 Å². The Morgan fingerprint density at radius 2 is 2.10 bits per heavy atom. The second kappa shape index (κ2) is 5.73. The average molecular weight is 302 g/mol. The van der Waals surface area contributed by atoms with E-state index in [-0.39, 0.29) is 0 Å². The summed E-state index contributed by atoms with van der Waals surface area (Å²) in [5.74, 6) is 1.64. The molecular formula is C15H14N2OS2. The minimum absolute atomic E-state index is 0.775. The van der Waals surface area contributed by atoms with E-state index >= 15 is 0 Å². The Balaban J connectivity index is 1.79. The fourth-order valence-corrected chi connectivity index (χ4v) is 3.84. The van der Waals surface area contributed by atoms with Gasteiger partial charge in [-0.2, -0.15) is 0 Å². The van der Waals surface area contributed by atoms with Gasteiger partial charge in [-0.15, -0.1) is 23.1 Å². The second-order valence-corrected chi connectivity index (χ2v) is 6.40. The molecule has 3 aromatic rings. The van der Waals surface area contributed by atoms with Crippen molar-refractivity contribution < 1.29 is 4.74 Å². The first kappa shape index (κ1) is 13.3. The Morgan fingerprint density at radius 1 is 1.25 bits per heavy atom. The van der Waals surface area contributed by atoms with Crippen molar-refractivity contribution in [2.24, 2.45) is 0 Å². The van der Waals surface area contributed by atoms with Gasteiger partial charge in [0.15, 0.2) is 0 Å². The van der Waals surface area contributed by atoms with Gasteiger partial charge in [0.05, 0.1) is 23.1 Å². The van der Waals surface area contributed by atoms with Crippen molar-refractivity contribution >= 4 is 39.0 Å². The van der Waals surface area contributed by atoms with Crippen LogP contribution in [-0.4, -0.2) is 12.1 Å². The summed E-state index contributed by atoms with van der Waals surface area (Å²) < 4.78 is 6.45. The van der Waals surface area contributed by atoms with E-state index in [9.17, 15) is 0 Å². The summed E-state index contributed by atoms with van der Waals surface area (Å²) >= 11 is 3.42. The highest BCUT2D eigenvalue weighted by molar-refractivity contribution is 7.98. The van der Waals surface area contributed by atoms with Crippen molar-refractivity contribution in [3.05, 3.63) is 47.5 Å². The second-order valence-electron chi connectivity index (χ2n) is 4.27. The lowest BCUT2D eigenvalue weighted by atomic mass is 10.3. The van der Waals surface area contributed by atoms with E-state index in [4.69, 9.17) is 10.5 Å². The van der Waals surface area contributed by atoms with Gasteiger partial charge in [-0.1, -0.05) is 12.1 Å². The molecule has 3 nitrogen and oxygen atoms in total. The molecule has 0 radical (unpaired) electrons. The summed E-state index contributed by atoms with van der Waals surface area (Å²) in [5, 5.41) is 1.11. The maximum absolute atomic E-state index is 5.99. The Hall–Kier alpha value is -1.72. The van der Waals surface area contributed by atoms with E-state index in [1.807, 2.05) is 36.4 Å². The molecular weight excluding hydrogens is 288 g/mol. The van der Waals surface area contributed by atoms with Crippen molar-refractivity contribution in [2.75, 3.05) is 12.8 Å². The number of anilines is 1. The summed E-state index contributed by atoms with van der Waals surface area (Å²) in [5.41, 5.74) is 7.83. The molecule has 0 unspecified atom stereocenters. The summed E-state index contributed by atoms with van der Waals surface area (Å²) in [6.07, 6.45) is 0. The molecule has 0 fully saturated rings. The lowest BCUT2D eigenvalue weighted by Crippen LogP contribution is -1.91. The number of benzene rings is 2. The van der Waals surface area contributed by atoms with E-state index in [2.05, 4.69) is 11.1 Å². The number of nitrogen functional groups attached to an aromatic ring is 1. The van der Waals surface area contributed by atoms with Gasteiger partial charge in [0, 0.05) is 10.6 Å². The summed E-state index contributed by atoms with van der Waals surface area (Å²) in [4.78, 5) is 5.66. The molecule has 2 N–H and O–H groups in total. The summed E-state index contributed by atoms with van der Waals surface area (Å²) in [6, 6.07) is 13.9. The van der Waals surface area contributed by atoms with Crippen LogP contribution in [0, 0.1) is 0 Å². The van der Waals surface area contributed by atoms with Gasteiger partial charge < -0.3 is 10.5 Å². The predicted molar refractivity (Wildman–Crippen MR) is 86.6 cm³/mol. The van der Waals surface area contributed by atoms with Crippen LogP contribution in [0.15, 0.2) is 47.4 Å². The van der Waals surface area contributed by atoms with Crippen LogP contribution in [0.25, 0.3) is 10.2 Å². The highest BCUT2D eigenvalue weighted by Crippen LogP contribution is 2.33. The molecule has 5 heteroatoms. The summed E-state index contributed by atoms with van der Waals surface area (Å²) in [6.45, 7) is 0. The SMILES string of the molecule is COc1ccc(N)c(SCc2nc3ccccc3s2)c1. The average Bonchev–Trinajstić information content (AvgIpc) is 2.89. The van der Waals surface area contributed by atoms with Gasteiger partial charge >= 0.3 is 0 Å². The number of fused-ring (bicyclic) bond motifs is 1. The number of aromatic nitrogens is 1. The molecule has 0 aliphatic rings. The lowest BCUT2D eigenvalue weighted by molar-refractivity contribution is 0.414. The quantitative estimate of drug-likeness (QED) is 0.580. The van der Waals surface area contributed by atoms with Gasteiger partial charge in [-0.05, 0) is 30.3 Å². The lowest BCUT2D eigenvalue weighted by Gasteiger charge is -2.06. The molecule has 0 saturated carbocycles. The van der Waals surface area contributed by atoms with Crippen molar-refractivity contribution in [3.8, 4) is 5.75 Å². The van der Waals surface area contributed by atoms with Gasteiger partial charge in [-0.25, -0.2) is 4.98 Å². The summed E-state index contributed by atoms with van der Waals surface area (Å²) in [7, 11) is 1.66. The topological polar surface area (TPSA) is 48.1 Å². The number of hydrogen-bond donors (Lipinski definition) is 1. The zero-order chi connectivity index (χ0) is 13.9. The Morgan fingerprint density at radius 3 is 2.90 bits per heavy atom. The molecule has 0 aliphatic heterocycles. The van der Waals surface area contributed by atoms with Gasteiger partial charge in [0.25, 0.3) is 0 Å². The smallest absolute Gasteiger partial charge is 0.120 e. The van der Waals surface area contributed by atoms with Crippen molar-refractivity contribution in [1.29, 1.82) is 0 Å². The minimum atomic E-state index is 0.775. The number of ether oxygens (including phenoxy) is 1. The number of rotatable bonds is 4. The van der Waals surface area contributed by atoms with Crippen LogP contribution in [-0.2, 0) is 5.75 Å². The number of thiazole rings is 1. The molecule has 0 bridgehead atoms. The van der Waals surface area contributed by atoms with E-state index in [1.165, 1.54) is 4.70 Å². The zero-order valence-corrected chi connectivity index (χ0v) is 12.6. The molecule has 0 amide bonds. The standard InChI is InChI=1S/C15H14N2OS2/c1-18-10-6-7-11(16)14(8-10)19-9-15-17-12-4-2-3-5-13(12)20-15/h2-8H,9,16H2,1H3. The molecule has 0 spiro atoms. The Kier molecular flexibility index (Phi) is 3.80. The van der Waals surface area contributed by atoms with E-state index in [1.54, 1.807) is 30.2 Å². The van der Waals surface area contributed by atoms with Crippen molar-refractivity contribution in [2.45, 2.75) is 10.6 Å². The molecule has 0 atom stereocenters. The van der Waals surface area contributed by atoms with Crippen LogP contribution < -0.4 is 10.5 Å². The highest BCUT2D eigenvalue weighted by atomic mass is 32.2. The van der Waals surface area contributed by atoms with Gasteiger partial charge in [-0.3, -0.25) is 0 Å². The van der Waals surface area contributed by atoms with Crippen LogP contribution in [0.2, 0.25) is 0 Å². The number of nitrogens with zero attached hydrogens (tertiary/aromatic N) is 1. The molecule has 102 valence electrons. The first-order valence-corrected chi connectivity index (χ1v) is 7.97. The van der Waals surface area contributed by atoms with Crippen LogP contribution in [0.1, 0.15) is 5.01 Å². The molecule has 1 heterocycles. The van der Waals surface area contributed by atoms with Gasteiger partial charge in [0.2, 0.25) is 0 Å². The molecule has 20 heavy (non-hydrogen) atoms. The number of thioether (sulfide) groups is 1. The molecule has 2 aromatic carbocycles. The van der Waals surface area contributed by atoms with Gasteiger partial charge in [0.1, 0.15) is 10.8 Å². The Bertz CT molecular complexity index is 707. The van der Waals surface area contributed by atoms with Crippen LogP contribution in [0.5, 0.6) is 5.75 Å². The fraction of sp³-hybridized carbons (Fsp3) is 0.133. The third-order valence-electron chi connectivity index (χ3n) is 2.91. The molecule has 0 aliphatic carbocycles. The monoisotopic (exact) mass is 302 g/mol. The molecule has 0 saturated heterocycles. The fourth-order valence-electron chi connectivity index (χ4n) is 1.89. The number of nitrogens with two attached hydrogens (primary N) is 1. The third-order valence-corrected chi connectivity index (χ3v) is 5.21. The van der Waals surface area contributed by atoms with E-state index in [0.29, 0.717) is 0 Å². The van der Waals surface area contributed by atoms with E-state index < -0.39 is 0 Å². The number of hydrogen-bond acceptors (Lipinski definition) is 5. The molecule has 1 aromatic heterocycles. The first-order chi connectivity index (χ1) is 9.76. The first-order valence-electron chi connectivity index (χ1n) is 6.17. The number of para-hydroxylation sites is 1. The largest absolute Gasteiger partial charge is 0.497 e.